The van der Waals surface area contributed by atoms with Gasteiger partial charge in [0.25, 0.3) is 0 Å². The van der Waals surface area contributed by atoms with Gasteiger partial charge in [0.05, 0.1) is 6.61 Å². The molecule has 0 heterocycles. The molecular weight excluding hydrogens is 196 g/mol. The molecule has 0 bridgehead atoms. The molecule has 0 aliphatic carbocycles. The van der Waals surface area contributed by atoms with E-state index in [0.717, 1.165) is 31.6 Å². The quantitative estimate of drug-likeness (QED) is 0.588. The van der Waals surface area contributed by atoms with Gasteiger partial charge in [-0.2, -0.15) is 0 Å². The monoisotopic (exact) mass is 219 g/mol. The number of hydrogen-bond acceptors (Lipinski definition) is 1. The van der Waals surface area contributed by atoms with E-state index in [1.165, 1.54) is 24.8 Å². The lowest BCUT2D eigenvalue weighted by Gasteiger charge is -2.06. The fourth-order valence-electron chi connectivity index (χ4n) is 1.68. The average molecular weight is 219 g/mol. The Balaban J connectivity index is 2.21. The Morgan fingerprint density at radius 3 is 2.44 bits per heavy atom. The van der Waals surface area contributed by atoms with Crippen LogP contribution in [0.1, 0.15) is 44.6 Å². The molecule has 0 N–H and O–H groups in total. The zero-order valence-corrected chi connectivity index (χ0v) is 10.4. The SMILES string of the molecule is [CH2]CCc1ccc(OCCCCCC)cc1. The van der Waals surface area contributed by atoms with Crippen molar-refractivity contribution >= 4 is 0 Å². The third-order valence-electron chi connectivity index (χ3n) is 2.66. The zero-order chi connectivity index (χ0) is 11.6. The molecule has 0 unspecified atom stereocenters. The first kappa shape index (κ1) is 13.1. The summed E-state index contributed by atoms with van der Waals surface area (Å²) in [5, 5.41) is 0. The molecule has 0 saturated heterocycles. The van der Waals surface area contributed by atoms with Crippen LogP contribution in [0.25, 0.3) is 0 Å². The summed E-state index contributed by atoms with van der Waals surface area (Å²) < 4.78 is 5.67. The molecule has 89 valence electrons. The van der Waals surface area contributed by atoms with Crippen LogP contribution in [0.4, 0.5) is 0 Å². The molecular formula is C15H23O. The van der Waals surface area contributed by atoms with Crippen molar-refractivity contribution < 1.29 is 4.74 Å². The first-order valence-corrected chi connectivity index (χ1v) is 6.37. The van der Waals surface area contributed by atoms with Crippen molar-refractivity contribution in [3.8, 4) is 5.75 Å². The molecule has 1 aromatic rings. The maximum atomic E-state index is 5.67. The van der Waals surface area contributed by atoms with Gasteiger partial charge in [0.15, 0.2) is 0 Å². The molecule has 1 heteroatoms. The summed E-state index contributed by atoms with van der Waals surface area (Å²) in [6.45, 7) is 6.92. The smallest absolute Gasteiger partial charge is 0.119 e. The summed E-state index contributed by atoms with van der Waals surface area (Å²) in [7, 11) is 0. The second-order valence-corrected chi connectivity index (χ2v) is 4.16. The maximum Gasteiger partial charge on any atom is 0.119 e. The van der Waals surface area contributed by atoms with Crippen LogP contribution in [-0.4, -0.2) is 6.61 Å². The van der Waals surface area contributed by atoms with Crippen molar-refractivity contribution in [3.05, 3.63) is 36.8 Å². The largest absolute Gasteiger partial charge is 0.494 e. The summed E-state index contributed by atoms with van der Waals surface area (Å²) >= 11 is 0. The van der Waals surface area contributed by atoms with Gasteiger partial charge in [-0.15, -0.1) is 0 Å². The van der Waals surface area contributed by atoms with Gasteiger partial charge in [-0.25, -0.2) is 0 Å². The topological polar surface area (TPSA) is 9.23 Å². The van der Waals surface area contributed by atoms with Crippen molar-refractivity contribution in [1.29, 1.82) is 0 Å². The Morgan fingerprint density at radius 2 is 1.81 bits per heavy atom. The number of hydrogen-bond donors (Lipinski definition) is 0. The number of aryl methyl sites for hydroxylation is 1. The summed E-state index contributed by atoms with van der Waals surface area (Å²) in [5.41, 5.74) is 1.34. The Bertz CT molecular complexity index is 263. The van der Waals surface area contributed by atoms with Crippen LogP contribution in [0.2, 0.25) is 0 Å². The molecule has 0 fully saturated rings. The number of ether oxygens (including phenoxy) is 1. The Hall–Kier alpha value is -0.980. The number of unbranched alkanes of at least 4 members (excludes halogenated alkanes) is 3. The predicted octanol–water partition coefficient (Wildman–Crippen LogP) is 4.41. The van der Waals surface area contributed by atoms with Crippen molar-refractivity contribution in [3.63, 3.8) is 0 Å². The number of rotatable bonds is 8. The third kappa shape index (κ3) is 5.20. The lowest BCUT2D eigenvalue weighted by atomic mass is 10.1. The maximum absolute atomic E-state index is 5.67. The summed E-state index contributed by atoms with van der Waals surface area (Å²) in [6.07, 6.45) is 7.03. The van der Waals surface area contributed by atoms with Crippen molar-refractivity contribution in [1.82, 2.24) is 0 Å². The van der Waals surface area contributed by atoms with Gasteiger partial charge in [-0.1, -0.05) is 45.2 Å². The predicted molar refractivity (Wildman–Crippen MR) is 69.8 cm³/mol. The molecule has 1 aromatic carbocycles. The lowest BCUT2D eigenvalue weighted by Crippen LogP contribution is -1.97. The standard InChI is InChI=1S/C15H23O/c1-3-5-6-7-13-16-15-11-9-14(8-4-2)10-12-15/h9-12H,2-8,13H2,1H3. The van der Waals surface area contributed by atoms with Gasteiger partial charge < -0.3 is 4.74 Å². The lowest BCUT2D eigenvalue weighted by molar-refractivity contribution is 0.305. The minimum Gasteiger partial charge on any atom is -0.494 e. The highest BCUT2D eigenvalue weighted by atomic mass is 16.5. The van der Waals surface area contributed by atoms with Gasteiger partial charge in [0.1, 0.15) is 5.75 Å². The molecule has 1 nitrogen and oxygen atoms in total. The molecule has 0 saturated carbocycles. The normalized spacial score (nSPS) is 10.4. The molecule has 0 spiro atoms. The van der Waals surface area contributed by atoms with Crippen LogP contribution < -0.4 is 4.74 Å². The van der Waals surface area contributed by atoms with E-state index in [2.05, 4.69) is 38.1 Å². The second kappa shape index (κ2) is 8.20. The minimum atomic E-state index is 0.842. The van der Waals surface area contributed by atoms with Gasteiger partial charge >= 0.3 is 0 Å². The fraction of sp³-hybridized carbons (Fsp3) is 0.533. The van der Waals surface area contributed by atoms with Crippen LogP contribution in [0.5, 0.6) is 5.75 Å². The van der Waals surface area contributed by atoms with Gasteiger partial charge in [-0.05, 0) is 37.0 Å². The molecule has 0 amide bonds. The highest BCUT2D eigenvalue weighted by molar-refractivity contribution is 5.27. The van der Waals surface area contributed by atoms with E-state index in [4.69, 9.17) is 4.74 Å². The van der Waals surface area contributed by atoms with Crippen LogP contribution in [0, 0.1) is 6.92 Å². The summed E-state index contributed by atoms with van der Waals surface area (Å²) in [6, 6.07) is 8.38. The molecule has 0 atom stereocenters. The zero-order valence-electron chi connectivity index (χ0n) is 10.4. The van der Waals surface area contributed by atoms with Crippen molar-refractivity contribution in [2.75, 3.05) is 6.61 Å². The molecule has 16 heavy (non-hydrogen) atoms. The Morgan fingerprint density at radius 1 is 1.06 bits per heavy atom. The number of benzene rings is 1. The Kier molecular flexibility index (Phi) is 6.71. The Labute approximate surface area is 99.8 Å². The fourth-order valence-corrected chi connectivity index (χ4v) is 1.68. The molecule has 0 aliphatic heterocycles. The van der Waals surface area contributed by atoms with Crippen LogP contribution in [0.3, 0.4) is 0 Å². The van der Waals surface area contributed by atoms with E-state index in [9.17, 15) is 0 Å². The van der Waals surface area contributed by atoms with E-state index in [1.54, 1.807) is 0 Å². The van der Waals surface area contributed by atoms with Crippen LogP contribution in [0.15, 0.2) is 24.3 Å². The minimum absolute atomic E-state index is 0.842. The van der Waals surface area contributed by atoms with E-state index in [-0.39, 0.29) is 0 Å². The summed E-state index contributed by atoms with van der Waals surface area (Å²) in [4.78, 5) is 0. The van der Waals surface area contributed by atoms with Gasteiger partial charge in [0.2, 0.25) is 0 Å². The summed E-state index contributed by atoms with van der Waals surface area (Å²) in [5.74, 6) is 0.990. The van der Waals surface area contributed by atoms with Crippen LogP contribution in [-0.2, 0) is 6.42 Å². The van der Waals surface area contributed by atoms with Crippen LogP contribution >= 0.6 is 0 Å². The second-order valence-electron chi connectivity index (χ2n) is 4.16. The molecule has 1 rings (SSSR count). The molecule has 1 radical (unpaired) electrons. The highest BCUT2D eigenvalue weighted by Crippen LogP contribution is 2.13. The van der Waals surface area contributed by atoms with Gasteiger partial charge in [0, 0.05) is 0 Å². The van der Waals surface area contributed by atoms with E-state index >= 15 is 0 Å². The first-order chi connectivity index (χ1) is 7.86. The van der Waals surface area contributed by atoms with Gasteiger partial charge in [-0.3, -0.25) is 0 Å². The first-order valence-electron chi connectivity index (χ1n) is 6.37. The molecule has 0 aromatic heterocycles. The van der Waals surface area contributed by atoms with Crippen molar-refractivity contribution in [2.45, 2.75) is 45.4 Å². The average Bonchev–Trinajstić information content (AvgIpc) is 2.31. The highest BCUT2D eigenvalue weighted by Gasteiger charge is 1.95. The van der Waals surface area contributed by atoms with E-state index < -0.39 is 0 Å². The molecule has 0 aliphatic rings. The van der Waals surface area contributed by atoms with Crippen molar-refractivity contribution in [2.24, 2.45) is 0 Å². The van der Waals surface area contributed by atoms with E-state index in [1.807, 2.05) is 0 Å². The third-order valence-corrected chi connectivity index (χ3v) is 2.66. The van der Waals surface area contributed by atoms with E-state index in [0.29, 0.717) is 0 Å².